The average molecular weight is 493 g/mol. The number of hydrogen-bond donors (Lipinski definition) is 1. The van der Waals surface area contributed by atoms with Crippen molar-refractivity contribution in [2.24, 2.45) is 0 Å². The predicted octanol–water partition coefficient (Wildman–Crippen LogP) is 6.54. The van der Waals surface area contributed by atoms with Gasteiger partial charge in [-0.25, -0.2) is 0 Å². The monoisotopic (exact) mass is 492 g/mol. The molecule has 0 saturated carbocycles. The minimum atomic E-state index is -0.0949. The molecule has 0 aliphatic heterocycles. The lowest BCUT2D eigenvalue weighted by Gasteiger charge is -2.19. The van der Waals surface area contributed by atoms with Gasteiger partial charge in [-0.15, -0.1) is 0 Å². The van der Waals surface area contributed by atoms with E-state index in [2.05, 4.69) is 31.0 Å². The van der Waals surface area contributed by atoms with Gasteiger partial charge < -0.3 is 24.1 Å². The van der Waals surface area contributed by atoms with Gasteiger partial charge in [0.1, 0.15) is 17.1 Å². The first-order valence-corrected chi connectivity index (χ1v) is 12.9. The molecule has 1 heterocycles. The van der Waals surface area contributed by atoms with E-state index < -0.39 is 0 Å². The molecule has 1 aromatic heterocycles. The highest BCUT2D eigenvalue weighted by atomic mass is 16.5. The summed E-state index contributed by atoms with van der Waals surface area (Å²) >= 11 is 0. The second kappa shape index (κ2) is 13.2. The number of para-hydroxylation sites is 1. The number of carbonyl (C=O) groups is 1. The largest absolute Gasteiger partial charge is 0.496 e. The van der Waals surface area contributed by atoms with E-state index in [1.807, 2.05) is 50.2 Å². The van der Waals surface area contributed by atoms with Crippen LogP contribution in [-0.4, -0.2) is 50.2 Å². The highest BCUT2D eigenvalue weighted by Crippen LogP contribution is 2.40. The normalized spacial score (nSPS) is 12.7. The van der Waals surface area contributed by atoms with E-state index >= 15 is 0 Å². The summed E-state index contributed by atoms with van der Waals surface area (Å²) in [5.41, 5.74) is 4.31. The highest BCUT2D eigenvalue weighted by molar-refractivity contribution is 6.01. The molecular formula is C30H40N2O4. The summed E-state index contributed by atoms with van der Waals surface area (Å²) in [7, 11) is 1.66. The lowest BCUT2D eigenvalue weighted by molar-refractivity contribution is -0.117. The fraction of sp³-hybridized carbons (Fsp3) is 0.433. The predicted molar refractivity (Wildman–Crippen MR) is 148 cm³/mol. The van der Waals surface area contributed by atoms with Gasteiger partial charge >= 0.3 is 0 Å². The molecular weight excluding hydrogens is 452 g/mol. The number of carbonyl (C=O) groups excluding carboxylic acids is 1. The Morgan fingerprint density at radius 1 is 1.11 bits per heavy atom. The van der Waals surface area contributed by atoms with Gasteiger partial charge in [0, 0.05) is 40.3 Å². The average Bonchev–Trinajstić information content (AvgIpc) is 3.28. The van der Waals surface area contributed by atoms with E-state index in [4.69, 9.17) is 13.9 Å². The number of rotatable bonds is 13. The number of amides is 1. The van der Waals surface area contributed by atoms with Gasteiger partial charge in [0.25, 0.3) is 0 Å². The molecule has 0 bridgehead atoms. The molecule has 0 aliphatic rings. The molecule has 0 fully saturated rings. The van der Waals surface area contributed by atoms with Gasteiger partial charge in [0.15, 0.2) is 0 Å². The van der Waals surface area contributed by atoms with Crippen molar-refractivity contribution in [3.63, 3.8) is 0 Å². The summed E-state index contributed by atoms with van der Waals surface area (Å²) in [6.07, 6.45) is 5.41. The van der Waals surface area contributed by atoms with E-state index in [0.29, 0.717) is 12.4 Å². The molecule has 6 nitrogen and oxygen atoms in total. The third kappa shape index (κ3) is 6.70. The number of allylic oxidation sites excluding steroid dienone is 1. The molecule has 194 valence electrons. The molecule has 6 heteroatoms. The lowest BCUT2D eigenvalue weighted by Crippen LogP contribution is -2.32. The number of nitrogens with zero attached hydrogens (tertiary/aromatic N) is 1. The van der Waals surface area contributed by atoms with Gasteiger partial charge in [0.05, 0.1) is 20.0 Å². The Kier molecular flexibility index (Phi) is 10.00. The number of hydrogen-bond acceptors (Lipinski definition) is 5. The van der Waals surface area contributed by atoms with Crippen molar-refractivity contribution in [2.45, 2.75) is 53.5 Å². The van der Waals surface area contributed by atoms with Crippen LogP contribution >= 0.6 is 0 Å². The second-order valence-electron chi connectivity index (χ2n) is 9.03. The van der Waals surface area contributed by atoms with E-state index in [1.165, 1.54) is 0 Å². The quantitative estimate of drug-likeness (QED) is 0.275. The van der Waals surface area contributed by atoms with Crippen LogP contribution in [0.3, 0.4) is 0 Å². The number of furan rings is 1. The van der Waals surface area contributed by atoms with Crippen LogP contribution in [0.4, 0.5) is 0 Å². The Labute approximate surface area is 215 Å². The number of methoxy groups -OCH3 is 1. The van der Waals surface area contributed by atoms with Crippen LogP contribution in [-0.2, 0) is 4.79 Å². The van der Waals surface area contributed by atoms with Crippen molar-refractivity contribution in [3.05, 3.63) is 54.3 Å². The molecule has 2 aromatic carbocycles. The van der Waals surface area contributed by atoms with Crippen LogP contribution in [0.25, 0.3) is 27.7 Å². The number of benzene rings is 2. The summed E-state index contributed by atoms with van der Waals surface area (Å²) in [5, 5.41) is 4.06. The van der Waals surface area contributed by atoms with Crippen LogP contribution in [0.5, 0.6) is 11.5 Å². The van der Waals surface area contributed by atoms with Gasteiger partial charge in [-0.05, 0) is 71.0 Å². The first-order chi connectivity index (χ1) is 17.4. The SMILES string of the molecule is CCOc1cc2occ(-c3ccccc3OC)c2cc1/C(C)=C/C(=O)NC(C)CCCN(CC)CC. The zero-order valence-corrected chi connectivity index (χ0v) is 22.5. The van der Waals surface area contributed by atoms with Crippen molar-refractivity contribution in [2.75, 3.05) is 33.4 Å². The fourth-order valence-electron chi connectivity index (χ4n) is 4.51. The third-order valence-electron chi connectivity index (χ3n) is 6.54. The summed E-state index contributed by atoms with van der Waals surface area (Å²) in [6, 6.07) is 11.9. The van der Waals surface area contributed by atoms with E-state index in [-0.39, 0.29) is 11.9 Å². The Morgan fingerprint density at radius 2 is 1.86 bits per heavy atom. The van der Waals surface area contributed by atoms with Crippen molar-refractivity contribution in [1.82, 2.24) is 10.2 Å². The molecule has 3 aromatic rings. The van der Waals surface area contributed by atoms with E-state index in [1.54, 1.807) is 19.4 Å². The van der Waals surface area contributed by atoms with Gasteiger partial charge in [-0.1, -0.05) is 32.0 Å². The Bertz CT molecular complexity index is 1180. The molecule has 0 spiro atoms. The molecule has 0 radical (unpaired) electrons. The summed E-state index contributed by atoms with van der Waals surface area (Å²) in [4.78, 5) is 15.2. The van der Waals surface area contributed by atoms with Gasteiger partial charge in [-0.2, -0.15) is 0 Å². The number of fused-ring (bicyclic) bond motifs is 1. The van der Waals surface area contributed by atoms with Crippen molar-refractivity contribution >= 4 is 22.4 Å². The molecule has 1 N–H and O–H groups in total. The van der Waals surface area contributed by atoms with Crippen LogP contribution in [0, 0.1) is 0 Å². The standard InChI is InChI=1S/C30H40N2O4/c1-7-32(8-2)16-12-13-22(5)31-30(33)17-21(4)24-18-25-26(23-14-10-11-15-27(23)34-6)20-36-29(25)19-28(24)35-9-3/h10-11,14-15,17-20,22H,7-9,12-13,16H2,1-6H3,(H,31,33)/b21-17+. The molecule has 3 rings (SSSR count). The maximum atomic E-state index is 12.8. The third-order valence-corrected chi connectivity index (χ3v) is 6.54. The molecule has 1 atom stereocenters. The van der Waals surface area contributed by atoms with Crippen molar-refractivity contribution in [1.29, 1.82) is 0 Å². The van der Waals surface area contributed by atoms with Gasteiger partial charge in [0.2, 0.25) is 5.91 Å². The van der Waals surface area contributed by atoms with E-state index in [9.17, 15) is 4.79 Å². The molecule has 1 unspecified atom stereocenters. The summed E-state index contributed by atoms with van der Waals surface area (Å²) in [5.74, 6) is 1.37. The van der Waals surface area contributed by atoms with Crippen molar-refractivity contribution < 1.29 is 18.7 Å². The van der Waals surface area contributed by atoms with Crippen LogP contribution in [0.15, 0.2) is 53.2 Å². The maximum absolute atomic E-state index is 12.8. The smallest absolute Gasteiger partial charge is 0.244 e. The zero-order valence-electron chi connectivity index (χ0n) is 22.5. The zero-order chi connectivity index (χ0) is 26.1. The maximum Gasteiger partial charge on any atom is 0.244 e. The second-order valence-corrected chi connectivity index (χ2v) is 9.03. The van der Waals surface area contributed by atoms with Crippen LogP contribution in [0.1, 0.15) is 53.0 Å². The topological polar surface area (TPSA) is 63.9 Å². The molecule has 1 amide bonds. The highest BCUT2D eigenvalue weighted by Gasteiger charge is 2.17. The van der Waals surface area contributed by atoms with E-state index in [0.717, 1.165) is 71.5 Å². The Hall–Kier alpha value is -3.25. The number of nitrogens with one attached hydrogen (secondary N) is 1. The van der Waals surface area contributed by atoms with Crippen LogP contribution < -0.4 is 14.8 Å². The number of ether oxygens (including phenoxy) is 2. The molecule has 0 aliphatic carbocycles. The first-order valence-electron chi connectivity index (χ1n) is 12.9. The van der Waals surface area contributed by atoms with Crippen molar-refractivity contribution in [3.8, 4) is 22.6 Å². The minimum Gasteiger partial charge on any atom is -0.496 e. The fourth-order valence-corrected chi connectivity index (χ4v) is 4.51. The summed E-state index contributed by atoms with van der Waals surface area (Å²) in [6.45, 7) is 14.0. The first kappa shape index (κ1) is 27.3. The van der Waals surface area contributed by atoms with Crippen LogP contribution in [0.2, 0.25) is 0 Å². The molecule has 36 heavy (non-hydrogen) atoms. The Balaban J connectivity index is 1.84. The lowest BCUT2D eigenvalue weighted by atomic mass is 9.98. The Morgan fingerprint density at radius 3 is 2.56 bits per heavy atom. The molecule has 0 saturated heterocycles. The summed E-state index contributed by atoms with van der Waals surface area (Å²) < 4.78 is 17.4. The minimum absolute atomic E-state index is 0.0949. The van der Waals surface area contributed by atoms with Gasteiger partial charge in [-0.3, -0.25) is 4.79 Å².